The highest BCUT2D eigenvalue weighted by atomic mass is 16.5. The number of nitrogens with zero attached hydrogens (tertiary/aromatic N) is 1. The van der Waals surface area contributed by atoms with Crippen LogP contribution in [0, 0.1) is 11.8 Å². The van der Waals surface area contributed by atoms with E-state index >= 15 is 0 Å². The number of rotatable bonds is 8. The van der Waals surface area contributed by atoms with E-state index in [1.807, 2.05) is 0 Å². The monoisotopic (exact) mass is 765 g/mol. The number of ether oxygens (including phenoxy) is 1. The van der Waals surface area contributed by atoms with Crippen molar-refractivity contribution in [2.24, 2.45) is 11.8 Å². The molecule has 0 saturated heterocycles. The average molecular weight is 766 g/mol. The Kier molecular flexibility index (Phi) is 9.23. The van der Waals surface area contributed by atoms with Gasteiger partial charge in [-0.05, 0) is 120 Å². The van der Waals surface area contributed by atoms with Crippen molar-refractivity contribution in [3.8, 4) is 16.9 Å². The summed E-state index contributed by atoms with van der Waals surface area (Å²) < 4.78 is 14.2. The zero-order valence-corrected chi connectivity index (χ0v) is 33.3. The van der Waals surface area contributed by atoms with Crippen LogP contribution in [0.3, 0.4) is 0 Å². The molecule has 5 aliphatic carbocycles. The van der Waals surface area contributed by atoms with Gasteiger partial charge in [0, 0.05) is 22.5 Å². The molecule has 3 heteroatoms. The Morgan fingerprint density at radius 1 is 0.559 bits per heavy atom. The molecule has 1 aromatic heterocycles. The van der Waals surface area contributed by atoms with E-state index in [4.69, 9.17) is 9.15 Å². The van der Waals surface area contributed by atoms with Crippen molar-refractivity contribution in [3.63, 3.8) is 0 Å². The SMILES string of the molecule is C1=CCC(C2C=C(N(C3=CC=C(c4ccc(-c5ccccc5)cc4)CC3)[C@H]3Oc4c(oc5cccc(C6=CC=C(c7ccccc7)CC6)c45)C4=C3C=CC4)C=CC2)C=C1. The lowest BCUT2D eigenvalue weighted by molar-refractivity contribution is 0.106. The summed E-state index contributed by atoms with van der Waals surface area (Å²) in [5.41, 5.74) is 16.1. The maximum atomic E-state index is 7.46. The van der Waals surface area contributed by atoms with Gasteiger partial charge >= 0.3 is 0 Å². The number of benzene rings is 4. The Morgan fingerprint density at radius 3 is 2.00 bits per heavy atom. The molecule has 0 N–H and O–H groups in total. The van der Waals surface area contributed by atoms with Gasteiger partial charge in [0.25, 0.3) is 0 Å². The number of hydrogen-bond donors (Lipinski definition) is 0. The van der Waals surface area contributed by atoms with Gasteiger partial charge in [0.15, 0.2) is 11.5 Å². The molecule has 0 fully saturated rings. The number of allylic oxidation sites excluding steroid dienone is 17. The summed E-state index contributed by atoms with van der Waals surface area (Å²) in [6, 6.07) is 36.9. The molecule has 1 aliphatic heterocycles. The molecule has 2 unspecified atom stereocenters. The Labute approximate surface area is 347 Å². The third-order valence-corrected chi connectivity index (χ3v) is 13.0. The lowest BCUT2D eigenvalue weighted by atomic mass is 9.82. The summed E-state index contributed by atoms with van der Waals surface area (Å²) in [7, 11) is 0. The van der Waals surface area contributed by atoms with Crippen LogP contribution >= 0.6 is 0 Å². The van der Waals surface area contributed by atoms with Crippen molar-refractivity contribution in [2.75, 3.05) is 0 Å². The minimum absolute atomic E-state index is 0.335. The maximum Gasteiger partial charge on any atom is 0.203 e. The summed E-state index contributed by atoms with van der Waals surface area (Å²) in [4.78, 5) is 2.51. The van der Waals surface area contributed by atoms with Gasteiger partial charge in [-0.2, -0.15) is 0 Å². The Bertz CT molecular complexity index is 2760. The van der Waals surface area contributed by atoms with Crippen molar-refractivity contribution >= 4 is 33.3 Å². The van der Waals surface area contributed by atoms with Gasteiger partial charge < -0.3 is 14.1 Å². The van der Waals surface area contributed by atoms with Crippen molar-refractivity contribution in [3.05, 3.63) is 222 Å². The van der Waals surface area contributed by atoms with Crippen LogP contribution in [0.4, 0.5) is 0 Å². The summed E-state index contributed by atoms with van der Waals surface area (Å²) >= 11 is 0. The molecule has 4 aromatic carbocycles. The molecule has 0 saturated carbocycles. The van der Waals surface area contributed by atoms with Crippen LogP contribution in [0.25, 0.3) is 44.4 Å². The zero-order valence-electron chi connectivity index (χ0n) is 33.3. The lowest BCUT2D eigenvalue weighted by Crippen LogP contribution is -2.41. The molecular formula is C56H47NO2. The second-order valence-electron chi connectivity index (χ2n) is 16.5. The molecule has 6 aliphatic rings. The first kappa shape index (κ1) is 35.6. The molecule has 0 radical (unpaired) electrons. The van der Waals surface area contributed by atoms with Crippen molar-refractivity contribution in [1.29, 1.82) is 0 Å². The Morgan fingerprint density at radius 2 is 1.25 bits per heavy atom. The van der Waals surface area contributed by atoms with Gasteiger partial charge in [-0.15, -0.1) is 0 Å². The summed E-state index contributed by atoms with van der Waals surface area (Å²) in [5.74, 6) is 2.64. The molecule has 3 atom stereocenters. The predicted molar refractivity (Wildman–Crippen MR) is 244 cm³/mol. The molecule has 59 heavy (non-hydrogen) atoms. The van der Waals surface area contributed by atoms with E-state index in [2.05, 4.69) is 187 Å². The third kappa shape index (κ3) is 6.65. The first-order valence-corrected chi connectivity index (χ1v) is 21.4. The van der Waals surface area contributed by atoms with Gasteiger partial charge in [-0.3, -0.25) is 0 Å². The third-order valence-electron chi connectivity index (χ3n) is 13.0. The zero-order chi connectivity index (χ0) is 39.1. The first-order valence-electron chi connectivity index (χ1n) is 21.4. The quantitative estimate of drug-likeness (QED) is 0.157. The highest BCUT2D eigenvalue weighted by molar-refractivity contribution is 6.01. The highest BCUT2D eigenvalue weighted by Gasteiger charge is 2.40. The van der Waals surface area contributed by atoms with Crippen LogP contribution < -0.4 is 4.74 Å². The lowest BCUT2D eigenvalue weighted by Gasteiger charge is -2.41. The van der Waals surface area contributed by atoms with E-state index in [1.165, 1.54) is 67.1 Å². The van der Waals surface area contributed by atoms with Crippen molar-refractivity contribution < 1.29 is 9.15 Å². The summed E-state index contributed by atoms with van der Waals surface area (Å²) in [6.45, 7) is 0. The van der Waals surface area contributed by atoms with Crippen LogP contribution in [-0.2, 0) is 0 Å². The van der Waals surface area contributed by atoms with Gasteiger partial charge in [-0.25, -0.2) is 0 Å². The molecule has 288 valence electrons. The van der Waals surface area contributed by atoms with Crippen LogP contribution in [0.5, 0.6) is 5.75 Å². The van der Waals surface area contributed by atoms with E-state index in [9.17, 15) is 0 Å². The molecule has 5 aromatic rings. The minimum Gasteiger partial charge on any atom is -0.461 e. The number of hydrogen-bond acceptors (Lipinski definition) is 3. The fraction of sp³-hybridized carbons (Fsp3) is 0.179. The van der Waals surface area contributed by atoms with Crippen molar-refractivity contribution in [2.45, 2.75) is 51.2 Å². The molecule has 11 rings (SSSR count). The van der Waals surface area contributed by atoms with Crippen LogP contribution in [0.15, 0.2) is 204 Å². The average Bonchev–Trinajstić information content (AvgIpc) is 3.97. The normalized spacial score (nSPS) is 21.9. The minimum atomic E-state index is -0.335. The van der Waals surface area contributed by atoms with E-state index in [1.54, 1.807) is 0 Å². The van der Waals surface area contributed by atoms with E-state index in [-0.39, 0.29) is 6.23 Å². The summed E-state index contributed by atoms with van der Waals surface area (Å²) in [5, 5.41) is 1.08. The van der Waals surface area contributed by atoms with E-state index < -0.39 is 0 Å². The standard InChI is InChI=1S/C56H47NO2/c1-4-13-38(14-5-1)41-25-27-43(28-26-41)44-33-35-47(36-34-44)57(48-20-10-19-46(37-48)40-17-8-3-9-18-40)56-51-23-11-22-50(51)54-55(59-56)53-49(21-12-24-52(53)58-54)45-31-29-42(30-32-45)39-15-6-2-7-16-39/h1-17,20-21,23-29,31,33,35,37,40,46,56H,18-19,22,30,32,34,36H2/t40?,46?,56-/m0/s1. The fourth-order valence-corrected chi connectivity index (χ4v) is 9.89. The molecule has 3 nitrogen and oxygen atoms in total. The number of furan rings is 1. The van der Waals surface area contributed by atoms with Crippen LogP contribution in [-0.4, -0.2) is 11.1 Å². The van der Waals surface area contributed by atoms with Crippen molar-refractivity contribution in [1.82, 2.24) is 4.90 Å². The molecule has 0 amide bonds. The topological polar surface area (TPSA) is 25.6 Å². The Hall–Kier alpha value is -6.58. The Balaban J connectivity index is 0.988. The molecular weight excluding hydrogens is 719 g/mol. The van der Waals surface area contributed by atoms with E-state index in [0.717, 1.165) is 67.4 Å². The molecule has 0 spiro atoms. The van der Waals surface area contributed by atoms with Crippen LogP contribution in [0.2, 0.25) is 0 Å². The van der Waals surface area contributed by atoms with Gasteiger partial charge in [-0.1, -0.05) is 164 Å². The smallest absolute Gasteiger partial charge is 0.203 e. The predicted octanol–water partition coefficient (Wildman–Crippen LogP) is 14.4. The molecule has 2 heterocycles. The maximum absolute atomic E-state index is 7.46. The highest BCUT2D eigenvalue weighted by Crippen LogP contribution is 2.51. The second-order valence-corrected chi connectivity index (χ2v) is 16.5. The van der Waals surface area contributed by atoms with Gasteiger partial charge in [0.05, 0.1) is 5.39 Å². The number of fused-ring (bicyclic) bond motifs is 4. The van der Waals surface area contributed by atoms with E-state index in [0.29, 0.717) is 11.8 Å². The van der Waals surface area contributed by atoms with Gasteiger partial charge in [0.2, 0.25) is 6.23 Å². The molecule has 0 bridgehead atoms. The largest absolute Gasteiger partial charge is 0.461 e. The van der Waals surface area contributed by atoms with Crippen LogP contribution in [0.1, 0.15) is 67.4 Å². The summed E-state index contributed by atoms with van der Waals surface area (Å²) in [6.07, 6.45) is 36.6. The van der Waals surface area contributed by atoms with Gasteiger partial charge in [0.1, 0.15) is 5.58 Å². The first-order chi connectivity index (χ1) is 29.2. The fourth-order valence-electron chi connectivity index (χ4n) is 9.89. The second kappa shape index (κ2) is 15.3.